The minimum Gasteiger partial charge on any atom is -0.399 e. The second-order valence-electron chi connectivity index (χ2n) is 4.51. The first-order chi connectivity index (χ1) is 8.26. The van der Waals surface area contributed by atoms with Crippen molar-refractivity contribution in [2.24, 2.45) is 5.92 Å². The Morgan fingerprint density at radius 2 is 2.24 bits per heavy atom. The Morgan fingerprint density at radius 1 is 1.41 bits per heavy atom. The molecule has 3 heteroatoms. The van der Waals surface area contributed by atoms with Gasteiger partial charge in [0, 0.05) is 18.5 Å². The Balaban J connectivity index is 2.26. The second-order valence-corrected chi connectivity index (χ2v) is 4.51. The summed E-state index contributed by atoms with van der Waals surface area (Å²) in [5, 5.41) is 0. The average Bonchev–Trinajstić information content (AvgIpc) is 2.33. The highest BCUT2D eigenvalue weighted by Gasteiger charge is 2.06. The van der Waals surface area contributed by atoms with Crippen LogP contribution in [0.2, 0.25) is 0 Å². The molecule has 0 amide bonds. The van der Waals surface area contributed by atoms with Crippen molar-refractivity contribution in [2.45, 2.75) is 46.1 Å². The lowest BCUT2D eigenvalue weighted by Crippen LogP contribution is -2.09. The van der Waals surface area contributed by atoms with Crippen molar-refractivity contribution in [3.63, 3.8) is 0 Å². The molecule has 17 heavy (non-hydrogen) atoms. The zero-order valence-corrected chi connectivity index (χ0v) is 11.0. The van der Waals surface area contributed by atoms with Gasteiger partial charge in [0.15, 0.2) is 0 Å². The van der Waals surface area contributed by atoms with Gasteiger partial charge in [0.05, 0.1) is 12.3 Å². The van der Waals surface area contributed by atoms with Gasteiger partial charge in [-0.05, 0) is 24.5 Å². The largest absolute Gasteiger partial charge is 0.399 e. The van der Waals surface area contributed by atoms with Crippen LogP contribution in [0.5, 0.6) is 0 Å². The first kappa shape index (κ1) is 14.0. The van der Waals surface area contributed by atoms with Crippen LogP contribution < -0.4 is 5.73 Å². The monoisotopic (exact) mass is 236 g/mol. The molecule has 0 aromatic carbocycles. The van der Waals surface area contributed by atoms with E-state index in [1.54, 1.807) is 12.3 Å². The van der Waals surface area contributed by atoms with Crippen molar-refractivity contribution in [2.75, 3.05) is 12.3 Å². The van der Waals surface area contributed by atoms with Gasteiger partial charge in [0.1, 0.15) is 0 Å². The van der Waals surface area contributed by atoms with E-state index in [-0.39, 0.29) is 0 Å². The molecule has 0 aliphatic carbocycles. The normalized spacial score (nSPS) is 12.6. The zero-order chi connectivity index (χ0) is 12.5. The molecule has 1 atom stereocenters. The number of rotatable bonds is 8. The maximum absolute atomic E-state index is 5.71. The van der Waals surface area contributed by atoms with Crippen molar-refractivity contribution >= 4 is 5.69 Å². The molecule has 1 heterocycles. The molecule has 0 saturated carbocycles. The smallest absolute Gasteiger partial charge is 0.0888 e. The minimum absolute atomic E-state index is 0.563. The summed E-state index contributed by atoms with van der Waals surface area (Å²) in [4.78, 5) is 4.22. The molecule has 1 aromatic heterocycles. The van der Waals surface area contributed by atoms with Crippen LogP contribution >= 0.6 is 0 Å². The van der Waals surface area contributed by atoms with Crippen LogP contribution in [0.4, 0.5) is 5.69 Å². The summed E-state index contributed by atoms with van der Waals surface area (Å²) < 4.78 is 5.71. The van der Waals surface area contributed by atoms with Crippen LogP contribution in [-0.4, -0.2) is 11.6 Å². The topological polar surface area (TPSA) is 48.1 Å². The number of aromatic nitrogens is 1. The van der Waals surface area contributed by atoms with Crippen LogP contribution in [-0.2, 0) is 11.3 Å². The summed E-state index contributed by atoms with van der Waals surface area (Å²) in [7, 11) is 0. The van der Waals surface area contributed by atoms with Crippen molar-refractivity contribution in [3.05, 3.63) is 24.0 Å². The Labute approximate surface area is 104 Å². The zero-order valence-electron chi connectivity index (χ0n) is 11.0. The van der Waals surface area contributed by atoms with Crippen LogP contribution in [0.1, 0.15) is 45.2 Å². The summed E-state index contributed by atoms with van der Waals surface area (Å²) in [6.07, 6.45) is 6.72. The lowest BCUT2D eigenvalue weighted by molar-refractivity contribution is 0.0800. The van der Waals surface area contributed by atoms with Crippen molar-refractivity contribution < 1.29 is 4.74 Å². The lowest BCUT2D eigenvalue weighted by Gasteiger charge is -2.14. The first-order valence-corrected chi connectivity index (χ1v) is 6.54. The first-order valence-electron chi connectivity index (χ1n) is 6.54. The van der Waals surface area contributed by atoms with Crippen molar-refractivity contribution in [3.8, 4) is 0 Å². The summed E-state index contributed by atoms with van der Waals surface area (Å²) in [5.74, 6) is 0.677. The van der Waals surface area contributed by atoms with Gasteiger partial charge in [-0.1, -0.05) is 33.1 Å². The molecule has 3 nitrogen and oxygen atoms in total. The van der Waals surface area contributed by atoms with Crippen LogP contribution in [0.3, 0.4) is 0 Å². The quantitative estimate of drug-likeness (QED) is 0.752. The molecule has 1 rings (SSSR count). The lowest BCUT2D eigenvalue weighted by atomic mass is 10.0. The number of pyridine rings is 1. The van der Waals surface area contributed by atoms with Crippen LogP contribution in [0.25, 0.3) is 0 Å². The Bertz CT molecular complexity index is 315. The summed E-state index contributed by atoms with van der Waals surface area (Å²) in [6.45, 7) is 5.84. The number of nitrogens with two attached hydrogens (primary N) is 1. The molecule has 1 unspecified atom stereocenters. The summed E-state index contributed by atoms with van der Waals surface area (Å²) in [5.41, 5.74) is 7.35. The van der Waals surface area contributed by atoms with Crippen LogP contribution in [0, 0.1) is 5.92 Å². The Hall–Kier alpha value is -1.09. The maximum Gasteiger partial charge on any atom is 0.0888 e. The highest BCUT2D eigenvalue weighted by molar-refractivity contribution is 5.36. The minimum atomic E-state index is 0.563. The predicted molar refractivity (Wildman–Crippen MR) is 71.6 cm³/mol. The third-order valence-electron chi connectivity index (χ3n) is 2.99. The van der Waals surface area contributed by atoms with Gasteiger partial charge < -0.3 is 10.5 Å². The standard InChI is InChI=1S/C14H24N2O/c1-3-5-6-12(4-2)10-17-11-14-9-13(15)7-8-16-14/h7-9,12H,3-6,10-11H2,1-2H3,(H2,15,16). The van der Waals surface area contributed by atoms with E-state index >= 15 is 0 Å². The molecular weight excluding hydrogens is 212 g/mol. The van der Waals surface area contributed by atoms with E-state index in [0.717, 1.165) is 18.0 Å². The highest BCUT2D eigenvalue weighted by Crippen LogP contribution is 2.13. The van der Waals surface area contributed by atoms with Gasteiger partial charge in [-0.15, -0.1) is 0 Å². The van der Waals surface area contributed by atoms with E-state index in [9.17, 15) is 0 Å². The molecule has 96 valence electrons. The number of unbranched alkanes of at least 4 members (excludes halogenated alkanes) is 1. The number of hydrogen-bond donors (Lipinski definition) is 1. The summed E-state index contributed by atoms with van der Waals surface area (Å²) in [6, 6.07) is 3.66. The van der Waals surface area contributed by atoms with Gasteiger partial charge >= 0.3 is 0 Å². The van der Waals surface area contributed by atoms with E-state index in [4.69, 9.17) is 10.5 Å². The third kappa shape index (κ3) is 5.68. The van der Waals surface area contributed by atoms with E-state index in [1.807, 2.05) is 6.07 Å². The van der Waals surface area contributed by atoms with Gasteiger partial charge in [0.2, 0.25) is 0 Å². The molecule has 0 aliphatic heterocycles. The van der Waals surface area contributed by atoms with Crippen molar-refractivity contribution in [1.29, 1.82) is 0 Å². The average molecular weight is 236 g/mol. The van der Waals surface area contributed by atoms with Crippen molar-refractivity contribution in [1.82, 2.24) is 4.98 Å². The number of nitrogen functional groups attached to an aromatic ring is 1. The molecule has 0 aliphatic rings. The third-order valence-corrected chi connectivity index (χ3v) is 2.99. The van der Waals surface area contributed by atoms with E-state index in [1.165, 1.54) is 25.7 Å². The molecule has 0 spiro atoms. The molecule has 0 saturated heterocycles. The molecular formula is C14H24N2O. The molecule has 0 bridgehead atoms. The Kier molecular flexibility index (Phi) is 6.63. The maximum atomic E-state index is 5.71. The van der Waals surface area contributed by atoms with E-state index in [2.05, 4.69) is 18.8 Å². The second kappa shape index (κ2) is 8.07. The number of ether oxygens (including phenoxy) is 1. The molecule has 2 N–H and O–H groups in total. The summed E-state index contributed by atoms with van der Waals surface area (Å²) >= 11 is 0. The fraction of sp³-hybridized carbons (Fsp3) is 0.643. The van der Waals surface area contributed by atoms with Crippen LogP contribution in [0.15, 0.2) is 18.3 Å². The highest BCUT2D eigenvalue weighted by atomic mass is 16.5. The van der Waals surface area contributed by atoms with Gasteiger partial charge in [-0.25, -0.2) is 0 Å². The fourth-order valence-electron chi connectivity index (χ4n) is 1.80. The SMILES string of the molecule is CCCCC(CC)COCc1cc(N)ccn1. The van der Waals surface area contributed by atoms with E-state index < -0.39 is 0 Å². The van der Waals surface area contributed by atoms with Gasteiger partial charge in [-0.3, -0.25) is 4.98 Å². The fourth-order valence-corrected chi connectivity index (χ4v) is 1.80. The Morgan fingerprint density at radius 3 is 2.88 bits per heavy atom. The molecule has 1 aromatic rings. The van der Waals surface area contributed by atoms with E-state index in [0.29, 0.717) is 12.5 Å². The predicted octanol–water partition coefficient (Wildman–Crippen LogP) is 3.40. The number of anilines is 1. The molecule has 0 fully saturated rings. The molecule has 0 radical (unpaired) electrons. The van der Waals surface area contributed by atoms with Gasteiger partial charge in [0.25, 0.3) is 0 Å². The van der Waals surface area contributed by atoms with Gasteiger partial charge in [-0.2, -0.15) is 0 Å². The number of nitrogens with zero attached hydrogens (tertiary/aromatic N) is 1. The number of hydrogen-bond acceptors (Lipinski definition) is 3.